The van der Waals surface area contributed by atoms with Crippen LogP contribution in [-0.4, -0.2) is 19.8 Å². The van der Waals surface area contributed by atoms with Crippen molar-refractivity contribution in [1.29, 1.82) is 0 Å². The van der Waals surface area contributed by atoms with Crippen molar-refractivity contribution in [3.8, 4) is 0 Å². The van der Waals surface area contributed by atoms with Gasteiger partial charge in [-0.1, -0.05) is 12.1 Å². The van der Waals surface area contributed by atoms with Gasteiger partial charge in [0.25, 0.3) is 5.91 Å². The van der Waals surface area contributed by atoms with Crippen molar-refractivity contribution in [1.82, 2.24) is 14.1 Å². The minimum absolute atomic E-state index is 0.264. The Hall–Kier alpha value is -2.38. The number of fused-ring (bicyclic) bond motifs is 1. The molecule has 0 saturated carbocycles. The third kappa shape index (κ3) is 3.35. The van der Waals surface area contributed by atoms with Crippen LogP contribution < -0.4 is 10.6 Å². The van der Waals surface area contributed by atoms with Gasteiger partial charge in [0.1, 0.15) is 11.0 Å². The molecule has 1 amide bonds. The minimum Gasteiger partial charge on any atom is -0.332 e. The summed E-state index contributed by atoms with van der Waals surface area (Å²) in [6, 6.07) is 11.1. The lowest BCUT2D eigenvalue weighted by atomic mass is 10.1. The van der Waals surface area contributed by atoms with E-state index in [1.807, 2.05) is 32.0 Å². The molecular formula is C16H14N4OS2. The van der Waals surface area contributed by atoms with Crippen molar-refractivity contribution in [2.24, 2.45) is 0 Å². The van der Waals surface area contributed by atoms with Crippen molar-refractivity contribution in [2.75, 3.05) is 5.32 Å². The summed E-state index contributed by atoms with van der Waals surface area (Å²) < 4.78 is 8.25. The van der Waals surface area contributed by atoms with Gasteiger partial charge in [0.15, 0.2) is 5.11 Å². The molecule has 0 atom stereocenters. The van der Waals surface area contributed by atoms with Crippen LogP contribution in [0.5, 0.6) is 0 Å². The second kappa shape index (κ2) is 6.39. The van der Waals surface area contributed by atoms with Gasteiger partial charge in [0.05, 0.1) is 11.7 Å². The van der Waals surface area contributed by atoms with Crippen molar-refractivity contribution in [2.45, 2.75) is 13.8 Å². The third-order valence-electron chi connectivity index (χ3n) is 3.60. The molecule has 0 aliphatic heterocycles. The molecule has 1 heterocycles. The van der Waals surface area contributed by atoms with Crippen LogP contribution in [0.15, 0.2) is 36.4 Å². The van der Waals surface area contributed by atoms with Gasteiger partial charge in [0.2, 0.25) is 0 Å². The van der Waals surface area contributed by atoms with Crippen LogP contribution >= 0.6 is 23.9 Å². The first-order valence-corrected chi connectivity index (χ1v) is 8.09. The highest BCUT2D eigenvalue weighted by Crippen LogP contribution is 2.18. The molecule has 0 aliphatic carbocycles. The van der Waals surface area contributed by atoms with Crippen LogP contribution in [0.25, 0.3) is 11.0 Å². The number of aryl methyl sites for hydroxylation is 1. The van der Waals surface area contributed by atoms with Crippen molar-refractivity contribution in [3.05, 3.63) is 53.1 Å². The summed E-state index contributed by atoms with van der Waals surface area (Å²) in [7, 11) is 0. The van der Waals surface area contributed by atoms with E-state index in [2.05, 4.69) is 19.4 Å². The number of amides is 1. The number of aromatic nitrogens is 2. The van der Waals surface area contributed by atoms with Gasteiger partial charge in [0, 0.05) is 11.3 Å². The second-order valence-corrected chi connectivity index (χ2v) is 6.06. The van der Waals surface area contributed by atoms with Gasteiger partial charge in [-0.2, -0.15) is 8.75 Å². The maximum atomic E-state index is 12.3. The SMILES string of the molecule is Cc1cccc(NC(=S)NC(=O)c2ccc3nsnc3c2)c1C. The highest BCUT2D eigenvalue weighted by atomic mass is 32.1. The fourth-order valence-corrected chi connectivity index (χ4v) is 2.86. The number of thiocarbonyl (C=S) groups is 1. The number of anilines is 1. The van der Waals surface area contributed by atoms with Gasteiger partial charge < -0.3 is 5.32 Å². The molecular weight excluding hydrogens is 328 g/mol. The fourth-order valence-electron chi connectivity index (χ4n) is 2.14. The molecule has 3 aromatic rings. The third-order valence-corrected chi connectivity index (χ3v) is 4.36. The van der Waals surface area contributed by atoms with Gasteiger partial charge >= 0.3 is 0 Å². The van der Waals surface area contributed by atoms with Gasteiger partial charge in [-0.05, 0) is 61.5 Å². The molecule has 0 radical (unpaired) electrons. The Balaban J connectivity index is 1.71. The molecule has 0 aliphatic rings. The first-order valence-electron chi connectivity index (χ1n) is 6.95. The molecule has 3 rings (SSSR count). The van der Waals surface area contributed by atoms with E-state index < -0.39 is 0 Å². The lowest BCUT2D eigenvalue weighted by molar-refractivity contribution is 0.0978. The number of hydrogen-bond donors (Lipinski definition) is 2. The molecule has 23 heavy (non-hydrogen) atoms. The molecule has 0 unspecified atom stereocenters. The molecule has 1 aromatic heterocycles. The number of carbonyl (C=O) groups is 1. The van der Waals surface area contributed by atoms with Gasteiger partial charge in [-0.3, -0.25) is 10.1 Å². The molecule has 5 nitrogen and oxygen atoms in total. The second-order valence-electron chi connectivity index (χ2n) is 5.12. The van der Waals surface area contributed by atoms with Crippen LogP contribution in [-0.2, 0) is 0 Å². The van der Waals surface area contributed by atoms with E-state index in [1.165, 1.54) is 0 Å². The molecule has 0 bridgehead atoms. The Morgan fingerprint density at radius 2 is 1.91 bits per heavy atom. The zero-order chi connectivity index (χ0) is 16.4. The highest BCUT2D eigenvalue weighted by molar-refractivity contribution is 7.80. The largest absolute Gasteiger partial charge is 0.332 e. The molecule has 116 valence electrons. The van der Waals surface area contributed by atoms with Crippen LogP contribution in [0, 0.1) is 13.8 Å². The van der Waals surface area contributed by atoms with E-state index in [1.54, 1.807) is 18.2 Å². The summed E-state index contributed by atoms with van der Waals surface area (Å²) in [5, 5.41) is 6.01. The van der Waals surface area contributed by atoms with Gasteiger partial charge in [-0.25, -0.2) is 0 Å². The summed E-state index contributed by atoms with van der Waals surface area (Å²) in [6.07, 6.45) is 0. The minimum atomic E-state index is -0.275. The topological polar surface area (TPSA) is 66.9 Å². The molecule has 0 fully saturated rings. The fraction of sp³-hybridized carbons (Fsp3) is 0.125. The molecule has 7 heteroatoms. The summed E-state index contributed by atoms with van der Waals surface area (Å²) in [4.78, 5) is 12.3. The maximum absolute atomic E-state index is 12.3. The number of benzene rings is 2. The number of hydrogen-bond acceptors (Lipinski definition) is 5. The van der Waals surface area contributed by atoms with E-state index in [0.717, 1.165) is 34.1 Å². The Morgan fingerprint density at radius 1 is 1.13 bits per heavy atom. The van der Waals surface area contributed by atoms with Crippen LogP contribution in [0.3, 0.4) is 0 Å². The van der Waals surface area contributed by atoms with Gasteiger partial charge in [-0.15, -0.1) is 0 Å². The van der Waals surface area contributed by atoms with E-state index >= 15 is 0 Å². The first kappa shape index (κ1) is 15.5. The highest BCUT2D eigenvalue weighted by Gasteiger charge is 2.11. The molecule has 2 aromatic carbocycles. The first-order chi connectivity index (χ1) is 11.0. The average Bonchev–Trinajstić information content (AvgIpc) is 2.99. The summed E-state index contributed by atoms with van der Waals surface area (Å²) in [5.41, 5.74) is 5.12. The van der Waals surface area contributed by atoms with Crippen molar-refractivity contribution >= 4 is 51.7 Å². The zero-order valence-electron chi connectivity index (χ0n) is 12.6. The Kier molecular flexibility index (Phi) is 4.31. The molecule has 0 spiro atoms. The number of nitrogens with one attached hydrogen (secondary N) is 2. The Morgan fingerprint density at radius 3 is 2.74 bits per heavy atom. The average molecular weight is 342 g/mol. The van der Waals surface area contributed by atoms with E-state index in [9.17, 15) is 4.79 Å². The zero-order valence-corrected chi connectivity index (χ0v) is 14.2. The lowest BCUT2D eigenvalue weighted by Crippen LogP contribution is -2.34. The standard InChI is InChI=1S/C16H14N4OS2/c1-9-4-3-5-12(10(9)2)17-16(22)18-15(21)11-6-7-13-14(8-11)20-23-19-13/h3-8H,1-2H3,(H2,17,18,21,22). The molecule has 2 N–H and O–H groups in total. The van der Waals surface area contributed by atoms with Crippen LogP contribution in [0.2, 0.25) is 0 Å². The Bertz CT molecular complexity index is 904. The summed E-state index contributed by atoms with van der Waals surface area (Å²) in [6.45, 7) is 4.03. The normalized spacial score (nSPS) is 10.5. The lowest BCUT2D eigenvalue weighted by Gasteiger charge is -2.13. The quantitative estimate of drug-likeness (QED) is 0.699. The monoisotopic (exact) mass is 342 g/mol. The van der Waals surface area contributed by atoms with E-state index in [0.29, 0.717) is 11.1 Å². The maximum Gasteiger partial charge on any atom is 0.257 e. The molecule has 0 saturated heterocycles. The summed E-state index contributed by atoms with van der Waals surface area (Å²) in [5.74, 6) is -0.275. The number of nitrogens with zero attached hydrogens (tertiary/aromatic N) is 2. The van der Waals surface area contributed by atoms with E-state index in [4.69, 9.17) is 12.2 Å². The predicted molar refractivity (Wildman–Crippen MR) is 97.0 cm³/mol. The summed E-state index contributed by atoms with van der Waals surface area (Å²) >= 11 is 6.35. The Labute approximate surface area is 143 Å². The van der Waals surface area contributed by atoms with Crippen LogP contribution in [0.1, 0.15) is 21.5 Å². The number of carbonyl (C=O) groups excluding carboxylic acids is 1. The van der Waals surface area contributed by atoms with Crippen LogP contribution in [0.4, 0.5) is 5.69 Å². The van der Waals surface area contributed by atoms with Crippen molar-refractivity contribution < 1.29 is 4.79 Å². The smallest absolute Gasteiger partial charge is 0.257 e. The van der Waals surface area contributed by atoms with Crippen molar-refractivity contribution in [3.63, 3.8) is 0 Å². The van der Waals surface area contributed by atoms with E-state index in [-0.39, 0.29) is 11.0 Å². The number of rotatable bonds is 2. The predicted octanol–water partition coefficient (Wildman–Crippen LogP) is 3.43.